The molecular weight excluding hydrogens is 285 g/mol. The molecule has 0 fully saturated rings. The van der Waals surface area contributed by atoms with Gasteiger partial charge in [0.2, 0.25) is 0 Å². The van der Waals surface area contributed by atoms with Crippen molar-refractivity contribution in [2.75, 3.05) is 11.1 Å². The van der Waals surface area contributed by atoms with Gasteiger partial charge >= 0.3 is 6.18 Å². The van der Waals surface area contributed by atoms with Gasteiger partial charge in [0, 0.05) is 11.4 Å². The Balaban J connectivity index is 2.29. The molecule has 0 unspecified atom stereocenters. The maximum absolute atomic E-state index is 12.7. The Morgan fingerprint density at radius 3 is 2.43 bits per heavy atom. The van der Waals surface area contributed by atoms with Gasteiger partial charge in [-0.1, -0.05) is 12.1 Å². The Kier molecular flexibility index (Phi) is 3.75. The van der Waals surface area contributed by atoms with Crippen molar-refractivity contribution in [3.8, 4) is 5.75 Å². The smallest absolute Gasteiger partial charge is 0.418 e. The Morgan fingerprint density at radius 2 is 1.81 bits per heavy atom. The van der Waals surface area contributed by atoms with Crippen LogP contribution >= 0.6 is 0 Å². The summed E-state index contributed by atoms with van der Waals surface area (Å²) < 4.78 is 38.2. The third kappa shape index (κ3) is 3.25. The van der Waals surface area contributed by atoms with E-state index in [0.717, 1.165) is 12.1 Å². The van der Waals surface area contributed by atoms with Crippen LogP contribution in [0.15, 0.2) is 42.5 Å². The van der Waals surface area contributed by atoms with E-state index in [0.29, 0.717) is 0 Å². The Labute approximate surface area is 118 Å². The van der Waals surface area contributed by atoms with Gasteiger partial charge in [0.1, 0.15) is 5.75 Å². The highest BCUT2D eigenvalue weighted by Crippen LogP contribution is 2.35. The molecule has 0 atom stereocenters. The van der Waals surface area contributed by atoms with Gasteiger partial charge in [-0.25, -0.2) is 0 Å². The average molecular weight is 296 g/mol. The van der Waals surface area contributed by atoms with Crippen molar-refractivity contribution in [1.29, 1.82) is 0 Å². The highest BCUT2D eigenvalue weighted by Gasteiger charge is 2.33. The van der Waals surface area contributed by atoms with Crippen LogP contribution in [0.25, 0.3) is 0 Å². The quantitative estimate of drug-likeness (QED) is 0.745. The number of alkyl halides is 3. The van der Waals surface area contributed by atoms with Crippen LogP contribution in [-0.4, -0.2) is 11.0 Å². The molecule has 2 rings (SSSR count). The molecule has 0 aliphatic heterocycles. The fraction of sp³-hybridized carbons (Fsp3) is 0.0714. The summed E-state index contributed by atoms with van der Waals surface area (Å²) in [6, 6.07) is 8.76. The molecule has 21 heavy (non-hydrogen) atoms. The minimum absolute atomic E-state index is 0.0390. The average Bonchev–Trinajstić information content (AvgIpc) is 2.40. The lowest BCUT2D eigenvalue weighted by Crippen LogP contribution is -2.14. The number of halogens is 3. The summed E-state index contributed by atoms with van der Waals surface area (Å²) in [4.78, 5) is 11.9. The molecule has 1 amide bonds. The van der Waals surface area contributed by atoms with Crippen molar-refractivity contribution in [2.45, 2.75) is 6.18 Å². The molecule has 0 aliphatic rings. The van der Waals surface area contributed by atoms with Crippen LogP contribution in [0.3, 0.4) is 0 Å². The minimum atomic E-state index is -4.61. The summed E-state index contributed by atoms with van der Waals surface area (Å²) in [5.41, 5.74) is 3.71. The first-order valence-corrected chi connectivity index (χ1v) is 5.85. The fourth-order valence-electron chi connectivity index (χ4n) is 1.74. The van der Waals surface area contributed by atoms with Crippen molar-refractivity contribution in [1.82, 2.24) is 0 Å². The number of nitrogens with two attached hydrogens (primary N) is 1. The number of carbonyl (C=O) groups excluding carboxylic acids is 1. The lowest BCUT2D eigenvalue weighted by Gasteiger charge is -2.12. The molecule has 0 radical (unpaired) electrons. The van der Waals surface area contributed by atoms with E-state index in [1.165, 1.54) is 30.3 Å². The number of carbonyl (C=O) groups is 1. The number of phenolic OH excluding ortho intramolecular Hbond substituents is 1. The summed E-state index contributed by atoms with van der Waals surface area (Å²) >= 11 is 0. The Bertz CT molecular complexity index is 684. The second kappa shape index (κ2) is 5.35. The zero-order valence-electron chi connectivity index (χ0n) is 10.6. The first-order chi connectivity index (χ1) is 9.79. The number of anilines is 2. The van der Waals surface area contributed by atoms with Crippen LogP contribution in [0.5, 0.6) is 5.75 Å². The van der Waals surface area contributed by atoms with Crippen molar-refractivity contribution in [3.63, 3.8) is 0 Å². The van der Waals surface area contributed by atoms with Gasteiger partial charge in [-0.15, -0.1) is 0 Å². The standard InChI is InChI=1S/C14H11F3N2O2/c15-14(16,17)10-7-8(5-6-11(10)18)19-13(21)9-3-1-2-4-12(9)20/h1-7,20H,18H2,(H,19,21). The molecule has 0 aliphatic carbocycles. The summed E-state index contributed by atoms with van der Waals surface area (Å²) in [5.74, 6) is -0.979. The van der Waals surface area contributed by atoms with Gasteiger partial charge in [-0.05, 0) is 30.3 Å². The van der Waals surface area contributed by atoms with Gasteiger partial charge in [0.25, 0.3) is 5.91 Å². The Hall–Kier alpha value is -2.70. The molecule has 0 saturated heterocycles. The van der Waals surface area contributed by atoms with Crippen molar-refractivity contribution in [2.24, 2.45) is 0 Å². The number of phenols is 1. The lowest BCUT2D eigenvalue weighted by atomic mass is 10.1. The number of amides is 1. The molecule has 2 aromatic rings. The predicted octanol–water partition coefficient (Wildman–Crippen LogP) is 3.25. The highest BCUT2D eigenvalue weighted by molar-refractivity contribution is 6.06. The van der Waals surface area contributed by atoms with Gasteiger partial charge in [0.05, 0.1) is 11.1 Å². The molecule has 0 saturated carbocycles. The minimum Gasteiger partial charge on any atom is -0.507 e. The molecule has 2 aromatic carbocycles. The number of hydrogen-bond donors (Lipinski definition) is 3. The van der Waals surface area contributed by atoms with E-state index >= 15 is 0 Å². The summed E-state index contributed by atoms with van der Waals surface area (Å²) in [6.07, 6.45) is -4.61. The van der Waals surface area contributed by atoms with Gasteiger partial charge in [0.15, 0.2) is 0 Å². The lowest BCUT2D eigenvalue weighted by molar-refractivity contribution is -0.136. The van der Waals surface area contributed by atoms with Crippen LogP contribution in [0.1, 0.15) is 15.9 Å². The van der Waals surface area contributed by atoms with Crippen LogP contribution in [0.2, 0.25) is 0 Å². The normalized spacial score (nSPS) is 11.2. The van der Waals surface area contributed by atoms with Crippen LogP contribution in [0.4, 0.5) is 24.5 Å². The van der Waals surface area contributed by atoms with E-state index in [4.69, 9.17) is 5.73 Å². The predicted molar refractivity (Wildman–Crippen MR) is 71.9 cm³/mol. The molecule has 0 spiro atoms. The molecule has 0 bridgehead atoms. The van der Waals surface area contributed by atoms with E-state index < -0.39 is 23.3 Å². The number of para-hydroxylation sites is 1. The van der Waals surface area contributed by atoms with Crippen LogP contribution in [-0.2, 0) is 6.18 Å². The number of hydrogen-bond acceptors (Lipinski definition) is 3. The number of nitrogens with one attached hydrogen (secondary N) is 1. The second-order valence-corrected chi connectivity index (χ2v) is 4.27. The van der Waals surface area contributed by atoms with Crippen molar-refractivity contribution in [3.05, 3.63) is 53.6 Å². The van der Waals surface area contributed by atoms with Crippen molar-refractivity contribution >= 4 is 17.3 Å². The van der Waals surface area contributed by atoms with E-state index in [1.54, 1.807) is 0 Å². The third-order valence-corrected chi connectivity index (χ3v) is 2.77. The molecule has 7 heteroatoms. The summed E-state index contributed by atoms with van der Waals surface area (Å²) in [5, 5.41) is 11.8. The zero-order valence-corrected chi connectivity index (χ0v) is 10.6. The molecule has 4 nitrogen and oxygen atoms in total. The van der Waals surface area contributed by atoms with Crippen molar-refractivity contribution < 1.29 is 23.1 Å². The SMILES string of the molecule is Nc1ccc(NC(=O)c2ccccc2O)cc1C(F)(F)F. The van der Waals surface area contributed by atoms with E-state index in [-0.39, 0.29) is 17.0 Å². The van der Waals surface area contributed by atoms with Crippen LogP contribution < -0.4 is 11.1 Å². The van der Waals surface area contributed by atoms with E-state index in [9.17, 15) is 23.1 Å². The van der Waals surface area contributed by atoms with E-state index in [2.05, 4.69) is 5.32 Å². The highest BCUT2D eigenvalue weighted by atomic mass is 19.4. The number of aromatic hydroxyl groups is 1. The first kappa shape index (κ1) is 14.7. The maximum Gasteiger partial charge on any atom is 0.418 e. The zero-order chi connectivity index (χ0) is 15.6. The molecule has 0 heterocycles. The fourth-order valence-corrected chi connectivity index (χ4v) is 1.74. The largest absolute Gasteiger partial charge is 0.507 e. The molecule has 0 aromatic heterocycles. The van der Waals surface area contributed by atoms with Gasteiger partial charge in [-0.2, -0.15) is 13.2 Å². The van der Waals surface area contributed by atoms with E-state index in [1.807, 2.05) is 0 Å². The molecule has 110 valence electrons. The Morgan fingerprint density at radius 1 is 1.14 bits per heavy atom. The summed E-state index contributed by atoms with van der Waals surface area (Å²) in [7, 11) is 0. The third-order valence-electron chi connectivity index (χ3n) is 2.77. The number of nitrogen functional groups attached to an aromatic ring is 1. The number of rotatable bonds is 2. The first-order valence-electron chi connectivity index (χ1n) is 5.85. The molecular formula is C14H11F3N2O2. The van der Waals surface area contributed by atoms with Gasteiger partial charge < -0.3 is 16.2 Å². The second-order valence-electron chi connectivity index (χ2n) is 4.27. The number of benzene rings is 2. The van der Waals surface area contributed by atoms with Crippen LogP contribution in [0, 0.1) is 0 Å². The molecule has 4 N–H and O–H groups in total. The van der Waals surface area contributed by atoms with Gasteiger partial charge in [-0.3, -0.25) is 4.79 Å². The summed E-state index contributed by atoms with van der Waals surface area (Å²) in [6.45, 7) is 0. The topological polar surface area (TPSA) is 75.3 Å². The monoisotopic (exact) mass is 296 g/mol. The maximum atomic E-state index is 12.7.